The summed E-state index contributed by atoms with van der Waals surface area (Å²) in [7, 11) is 5.67. The molecule has 0 aliphatic carbocycles. The number of fused-ring (bicyclic) bond motifs is 1. The van der Waals surface area contributed by atoms with Crippen LogP contribution >= 0.6 is 0 Å². The van der Waals surface area contributed by atoms with Crippen molar-refractivity contribution in [2.24, 2.45) is 7.05 Å². The number of aryl methyl sites for hydroxylation is 1. The maximum absolute atomic E-state index is 12.3. The summed E-state index contributed by atoms with van der Waals surface area (Å²) in [5.74, 6) is 1.64. The first-order valence-electron chi connectivity index (χ1n) is 10.1. The Morgan fingerprint density at radius 2 is 1.76 bits per heavy atom. The molecule has 11 heteroatoms. The Morgan fingerprint density at radius 3 is 2.39 bits per heavy atom. The fraction of sp³-hybridized carbons (Fsp3) is 0.273. The van der Waals surface area contributed by atoms with Crippen molar-refractivity contribution in [3.05, 3.63) is 54.7 Å². The molecule has 2 heterocycles. The van der Waals surface area contributed by atoms with Gasteiger partial charge < -0.3 is 24.3 Å². The van der Waals surface area contributed by atoms with Crippen LogP contribution in [0, 0.1) is 0 Å². The van der Waals surface area contributed by atoms with Crippen LogP contribution in [0.4, 0.5) is 30.6 Å². The molecule has 4 aromatic rings. The van der Waals surface area contributed by atoms with Crippen molar-refractivity contribution in [1.82, 2.24) is 19.3 Å². The molecule has 0 saturated carbocycles. The summed E-state index contributed by atoms with van der Waals surface area (Å²) >= 11 is 0. The molecule has 8 nitrogen and oxygen atoms in total. The normalized spacial score (nSPS) is 11.6. The third-order valence-electron chi connectivity index (χ3n) is 4.76. The van der Waals surface area contributed by atoms with Gasteiger partial charge in [0, 0.05) is 39.1 Å². The number of rotatable bonds is 8. The zero-order valence-electron chi connectivity index (χ0n) is 18.3. The number of anilines is 3. The minimum absolute atomic E-state index is 0.293. The Labute approximate surface area is 188 Å². The first-order chi connectivity index (χ1) is 15.7. The van der Waals surface area contributed by atoms with Gasteiger partial charge in [0.05, 0.1) is 17.6 Å². The predicted octanol–water partition coefficient (Wildman–Crippen LogP) is 4.56. The Hall–Kier alpha value is -3.89. The fourth-order valence-electron chi connectivity index (χ4n) is 3.37. The number of alkyl halides is 3. The minimum atomic E-state index is -4.72. The minimum Gasteiger partial charge on any atom is -0.492 e. The van der Waals surface area contributed by atoms with Crippen LogP contribution in [-0.4, -0.2) is 46.4 Å². The van der Waals surface area contributed by atoms with Gasteiger partial charge in [0.2, 0.25) is 5.95 Å². The lowest BCUT2D eigenvalue weighted by molar-refractivity contribution is -0.274. The lowest BCUT2D eigenvalue weighted by Crippen LogP contribution is -2.18. The number of imidazole rings is 1. The van der Waals surface area contributed by atoms with E-state index in [-0.39, 0.29) is 5.75 Å². The summed E-state index contributed by atoms with van der Waals surface area (Å²) in [6.45, 7) is 0.779. The molecule has 2 aromatic heterocycles. The Kier molecular flexibility index (Phi) is 6.03. The van der Waals surface area contributed by atoms with E-state index in [9.17, 15) is 13.2 Å². The molecule has 0 bridgehead atoms. The largest absolute Gasteiger partial charge is 0.573 e. The Balaban J connectivity index is 1.49. The van der Waals surface area contributed by atoms with Crippen LogP contribution in [0.25, 0.3) is 11.0 Å². The number of hydrogen-bond acceptors (Lipinski definition) is 6. The standard InChI is InChI=1S/C22H23F3N6O2/c1-29(2)21-27-18-9-4-15(26-20-10-11-30(3)28-20)14-19(18)31(21)12-13-32-16-5-7-17(8-6-16)33-22(23,24)25/h4-11,14H,12-13H2,1-3H3,(H,26,28). The predicted molar refractivity (Wildman–Crippen MR) is 119 cm³/mol. The average Bonchev–Trinajstić information content (AvgIpc) is 3.31. The molecule has 0 amide bonds. The number of ether oxygens (including phenoxy) is 2. The summed E-state index contributed by atoms with van der Waals surface area (Å²) < 4.78 is 50.3. The molecule has 4 rings (SSSR count). The van der Waals surface area contributed by atoms with Crippen molar-refractivity contribution in [3.8, 4) is 11.5 Å². The maximum Gasteiger partial charge on any atom is 0.573 e. The maximum atomic E-state index is 12.3. The fourth-order valence-corrected chi connectivity index (χ4v) is 3.37. The van der Waals surface area contributed by atoms with Gasteiger partial charge in [0.25, 0.3) is 0 Å². The summed E-state index contributed by atoms with van der Waals surface area (Å²) in [6.07, 6.45) is -2.87. The van der Waals surface area contributed by atoms with Gasteiger partial charge in [-0.1, -0.05) is 0 Å². The second-order valence-electron chi connectivity index (χ2n) is 7.53. The molecule has 0 saturated heterocycles. The molecule has 1 N–H and O–H groups in total. The molecule has 0 atom stereocenters. The van der Waals surface area contributed by atoms with Gasteiger partial charge in [0.1, 0.15) is 18.1 Å². The second-order valence-corrected chi connectivity index (χ2v) is 7.53. The molecule has 174 valence electrons. The monoisotopic (exact) mass is 460 g/mol. The molecule has 0 fully saturated rings. The van der Waals surface area contributed by atoms with E-state index in [0.717, 1.165) is 28.5 Å². The molecule has 0 aliphatic rings. The molecule has 0 aliphatic heterocycles. The van der Waals surface area contributed by atoms with E-state index in [0.29, 0.717) is 18.9 Å². The summed E-state index contributed by atoms with van der Waals surface area (Å²) in [4.78, 5) is 6.61. The van der Waals surface area contributed by atoms with Crippen molar-refractivity contribution in [3.63, 3.8) is 0 Å². The Morgan fingerprint density at radius 1 is 1.03 bits per heavy atom. The third-order valence-corrected chi connectivity index (χ3v) is 4.76. The SMILES string of the molecule is CN(C)c1nc2ccc(Nc3ccn(C)n3)cc2n1CCOc1ccc(OC(F)(F)F)cc1. The molecule has 2 aromatic carbocycles. The van der Waals surface area contributed by atoms with Crippen molar-refractivity contribution in [2.75, 3.05) is 30.9 Å². The third kappa shape index (κ3) is 5.48. The topological polar surface area (TPSA) is 69.4 Å². The smallest absolute Gasteiger partial charge is 0.492 e. The van der Waals surface area contributed by atoms with Crippen molar-refractivity contribution < 1.29 is 22.6 Å². The van der Waals surface area contributed by atoms with Crippen molar-refractivity contribution >= 4 is 28.5 Å². The quantitative estimate of drug-likeness (QED) is 0.416. The van der Waals surface area contributed by atoms with Crippen LogP contribution in [0.15, 0.2) is 54.7 Å². The van der Waals surface area contributed by atoms with E-state index in [4.69, 9.17) is 9.72 Å². The first kappa shape index (κ1) is 22.3. The summed E-state index contributed by atoms with van der Waals surface area (Å²) in [5.41, 5.74) is 2.62. The highest BCUT2D eigenvalue weighted by molar-refractivity contribution is 5.83. The highest BCUT2D eigenvalue weighted by Crippen LogP contribution is 2.27. The van der Waals surface area contributed by atoms with E-state index >= 15 is 0 Å². The zero-order chi connectivity index (χ0) is 23.6. The number of benzene rings is 2. The number of aromatic nitrogens is 4. The number of nitrogens with zero attached hydrogens (tertiary/aromatic N) is 5. The molecule has 0 spiro atoms. The lowest BCUT2D eigenvalue weighted by Gasteiger charge is -2.16. The lowest BCUT2D eigenvalue weighted by atomic mass is 10.2. The van der Waals surface area contributed by atoms with Gasteiger partial charge in [-0.25, -0.2) is 4.98 Å². The van der Waals surface area contributed by atoms with Crippen molar-refractivity contribution in [1.29, 1.82) is 0 Å². The summed E-state index contributed by atoms with van der Waals surface area (Å²) in [6, 6.07) is 13.1. The molecular weight excluding hydrogens is 437 g/mol. The van der Waals surface area contributed by atoms with Gasteiger partial charge >= 0.3 is 6.36 Å². The molecule has 33 heavy (non-hydrogen) atoms. The first-order valence-corrected chi connectivity index (χ1v) is 10.1. The molecule has 0 unspecified atom stereocenters. The van der Waals surface area contributed by atoms with E-state index in [1.165, 1.54) is 24.3 Å². The summed E-state index contributed by atoms with van der Waals surface area (Å²) in [5, 5.41) is 7.61. The van der Waals surface area contributed by atoms with Crippen LogP contribution < -0.4 is 19.7 Å². The van der Waals surface area contributed by atoms with E-state index < -0.39 is 6.36 Å². The molecule has 0 radical (unpaired) electrons. The number of nitrogens with one attached hydrogen (secondary N) is 1. The van der Waals surface area contributed by atoms with Crippen LogP contribution in [-0.2, 0) is 13.6 Å². The molecular formula is C22H23F3N6O2. The van der Waals surface area contributed by atoms with E-state index in [2.05, 4.69) is 15.2 Å². The van der Waals surface area contributed by atoms with Gasteiger partial charge in [-0.05, 0) is 42.5 Å². The van der Waals surface area contributed by atoms with Gasteiger partial charge in [0.15, 0.2) is 5.82 Å². The van der Waals surface area contributed by atoms with Crippen LogP contribution in [0.1, 0.15) is 0 Å². The van der Waals surface area contributed by atoms with Crippen LogP contribution in [0.2, 0.25) is 0 Å². The second kappa shape index (κ2) is 8.93. The number of halogens is 3. The van der Waals surface area contributed by atoms with E-state index in [1.807, 2.05) is 61.1 Å². The van der Waals surface area contributed by atoms with Gasteiger partial charge in [-0.15, -0.1) is 13.2 Å². The van der Waals surface area contributed by atoms with E-state index in [1.54, 1.807) is 4.68 Å². The highest BCUT2D eigenvalue weighted by Gasteiger charge is 2.31. The van der Waals surface area contributed by atoms with Gasteiger partial charge in [-0.2, -0.15) is 5.10 Å². The number of hydrogen-bond donors (Lipinski definition) is 1. The van der Waals surface area contributed by atoms with Crippen LogP contribution in [0.5, 0.6) is 11.5 Å². The zero-order valence-corrected chi connectivity index (χ0v) is 18.3. The Bertz CT molecular complexity index is 1230. The van der Waals surface area contributed by atoms with Crippen molar-refractivity contribution in [2.45, 2.75) is 12.9 Å². The van der Waals surface area contributed by atoms with Gasteiger partial charge in [-0.3, -0.25) is 4.68 Å². The highest BCUT2D eigenvalue weighted by atomic mass is 19.4. The van der Waals surface area contributed by atoms with Crippen LogP contribution in [0.3, 0.4) is 0 Å². The average molecular weight is 460 g/mol.